The molecule has 0 spiro atoms. The Hall–Kier alpha value is -2.57. The minimum atomic E-state index is -1.91. The molecule has 0 aromatic carbocycles. The number of carbonyl (C=O) groups is 3. The largest absolute Gasteiger partial charge is 0.483 e. The fourth-order valence-electron chi connectivity index (χ4n) is 9.89. The molecule has 18 atom stereocenters. The van der Waals surface area contributed by atoms with Crippen LogP contribution in [0.4, 0.5) is 9.80 Å². The van der Waals surface area contributed by atoms with Crippen molar-refractivity contribution in [2.75, 3.05) is 46.2 Å². The molecule has 1 aromatic rings. The molecular formula is C46H82N4O15S. The van der Waals surface area contributed by atoms with Gasteiger partial charge in [0.2, 0.25) is 0 Å². The average Bonchev–Trinajstić information content (AvgIpc) is 3.76. The Morgan fingerprint density at radius 2 is 1.68 bits per heavy atom. The number of esters is 1. The number of ether oxygens (including phenoxy) is 6. The molecule has 3 saturated heterocycles. The van der Waals surface area contributed by atoms with Gasteiger partial charge in [-0.15, -0.1) is 11.3 Å². The summed E-state index contributed by atoms with van der Waals surface area (Å²) in [7, 11) is 5.25. The lowest BCUT2D eigenvalue weighted by molar-refractivity contribution is -0.318. The normalized spacial score (nSPS) is 41.1. The van der Waals surface area contributed by atoms with Crippen molar-refractivity contribution in [3.63, 3.8) is 0 Å². The van der Waals surface area contributed by atoms with E-state index in [1.54, 1.807) is 41.5 Å². The van der Waals surface area contributed by atoms with E-state index in [-0.39, 0.29) is 49.8 Å². The van der Waals surface area contributed by atoms with Crippen molar-refractivity contribution in [1.82, 2.24) is 15.1 Å². The van der Waals surface area contributed by atoms with Crippen LogP contribution in [-0.2, 0) is 38.0 Å². The lowest BCUT2D eigenvalue weighted by Gasteiger charge is -2.48. The number of aliphatic hydroxyl groups is 5. The Bertz CT molecular complexity index is 1630. The van der Waals surface area contributed by atoms with Crippen molar-refractivity contribution in [2.45, 2.75) is 192 Å². The van der Waals surface area contributed by atoms with Crippen LogP contribution < -0.4 is 10.6 Å². The maximum absolute atomic E-state index is 14.5. The van der Waals surface area contributed by atoms with Crippen molar-refractivity contribution in [3.05, 3.63) is 17.5 Å². The van der Waals surface area contributed by atoms with E-state index in [1.807, 2.05) is 62.2 Å². The van der Waals surface area contributed by atoms with E-state index in [4.69, 9.17) is 38.3 Å². The number of likely N-dealkylation sites (N-methyl/N-ethyl adjacent to an activating group) is 1. The number of aliphatic hydroxyl groups excluding tert-OH is 3. The second kappa shape index (κ2) is 25.3. The molecule has 20 heteroatoms. The van der Waals surface area contributed by atoms with Gasteiger partial charge in [0.1, 0.15) is 30.0 Å². The average molecular weight is 963 g/mol. The van der Waals surface area contributed by atoms with E-state index < -0.39 is 96.0 Å². The van der Waals surface area contributed by atoms with Crippen LogP contribution in [0.2, 0.25) is 0 Å². The lowest BCUT2D eigenvalue weighted by atomic mass is 9.77. The molecule has 8 N–H and O–H groups in total. The molecule has 3 aliphatic heterocycles. The molecular weight excluding hydrogens is 881 g/mol. The number of cyclic esters (lactones) is 1. The van der Waals surface area contributed by atoms with Gasteiger partial charge in [-0.2, -0.15) is 0 Å². The second-order valence-electron chi connectivity index (χ2n) is 19.5. The number of hydrogen-bond donors (Lipinski definition) is 8. The number of amides is 2. The quantitative estimate of drug-likeness (QED) is 0.0850. The summed E-state index contributed by atoms with van der Waals surface area (Å²) < 4.78 is 38.0. The maximum atomic E-state index is 14.5. The van der Waals surface area contributed by atoms with Gasteiger partial charge in [0.05, 0.1) is 46.5 Å². The first kappa shape index (κ1) is 57.7. The SMILES string of the molecule is CC[C@H]1OC(=O)[C@H](C)[C@@H](O[C@H]2C[C@@](C)(OC)[C@@H](O)[C@H](C)O2)[C@H](C)[C@@H](O[C@@H]2O[C@H](C)C[C@H](N(C)C)[C@H]2O)[C@](C)(O)C[C@@H](C)CN(CCCNC(=O)Nc2cccs2)[C@H](C)[C@@H](O)[C@]1(C)O.O=CO. The molecule has 4 heterocycles. The summed E-state index contributed by atoms with van der Waals surface area (Å²) in [6.45, 7) is 18.3. The van der Waals surface area contributed by atoms with Gasteiger partial charge in [-0.1, -0.05) is 20.8 Å². The van der Waals surface area contributed by atoms with Crippen LogP contribution >= 0.6 is 11.3 Å². The summed E-state index contributed by atoms with van der Waals surface area (Å²) in [5.74, 6) is -2.85. The summed E-state index contributed by atoms with van der Waals surface area (Å²) in [5, 5.41) is 74.8. The molecule has 3 fully saturated rings. The fourth-order valence-corrected chi connectivity index (χ4v) is 10.5. The van der Waals surface area contributed by atoms with Crippen molar-refractivity contribution < 1.29 is 73.4 Å². The zero-order valence-corrected chi connectivity index (χ0v) is 42.1. The van der Waals surface area contributed by atoms with Crippen LogP contribution in [-0.4, -0.2) is 190 Å². The molecule has 2 amide bonds. The first-order valence-electron chi connectivity index (χ1n) is 23.2. The van der Waals surface area contributed by atoms with Crippen LogP contribution in [0.15, 0.2) is 17.5 Å². The molecule has 0 bridgehead atoms. The second-order valence-corrected chi connectivity index (χ2v) is 20.5. The van der Waals surface area contributed by atoms with Gasteiger partial charge in [0.15, 0.2) is 12.6 Å². The zero-order valence-electron chi connectivity index (χ0n) is 41.3. The molecule has 19 nitrogen and oxygen atoms in total. The van der Waals surface area contributed by atoms with Gasteiger partial charge >= 0.3 is 12.0 Å². The van der Waals surface area contributed by atoms with Crippen LogP contribution in [0.3, 0.4) is 0 Å². The summed E-state index contributed by atoms with van der Waals surface area (Å²) in [5.41, 5.74) is -4.61. The fraction of sp³-hybridized carbons (Fsp3) is 0.848. The van der Waals surface area contributed by atoms with Crippen molar-refractivity contribution >= 4 is 34.8 Å². The Morgan fingerprint density at radius 3 is 2.26 bits per heavy atom. The Morgan fingerprint density at radius 1 is 1.03 bits per heavy atom. The number of hydrogen-bond acceptors (Lipinski definition) is 17. The van der Waals surface area contributed by atoms with Crippen molar-refractivity contribution in [1.29, 1.82) is 0 Å². The standard InChI is InChI=1S/C45H80N4O13S.CH2O2/c1-14-32-45(10,56)37(51)29(6)49(19-16-18-46-42(54)47-33-17-15-20-63-33)24-25(2)22-43(8,55)39(62-41-35(50)31(48(11)12)21-26(3)58-41)27(4)36(28(5)40(53)60-32)61-34-23-44(9,57-13)38(52)30(7)59-34;2-1-3/h15,17,20,25-32,34-39,41,50-52,55-56H,14,16,18-19,21-24H2,1-13H3,(H2,46,47,54);1H,(H,2,3)/t25-,26-,27+,28-,29-,30+,31+,32-,34+,35-,36+,37-,38+,39-,41+,43-,44-,45-;/m1./s1. The number of carbonyl (C=O) groups excluding carboxylic acids is 2. The Kier molecular flexibility index (Phi) is 22.2. The zero-order chi connectivity index (χ0) is 49.9. The number of carboxylic acid groups (broad SMARTS) is 1. The lowest BCUT2D eigenvalue weighted by Crippen LogP contribution is -2.60. The van der Waals surface area contributed by atoms with Crippen molar-refractivity contribution in [3.8, 4) is 0 Å². The molecule has 1 aromatic heterocycles. The van der Waals surface area contributed by atoms with E-state index in [0.29, 0.717) is 32.5 Å². The van der Waals surface area contributed by atoms with Gasteiger partial charge < -0.3 is 69.3 Å². The minimum absolute atomic E-state index is 0.104. The van der Waals surface area contributed by atoms with E-state index in [2.05, 4.69) is 10.6 Å². The number of thiophene rings is 1. The number of methoxy groups -OCH3 is 1. The number of urea groups is 1. The van der Waals surface area contributed by atoms with Crippen LogP contribution in [0.1, 0.15) is 101 Å². The Labute approximate surface area is 395 Å². The van der Waals surface area contributed by atoms with E-state index >= 15 is 0 Å². The van der Waals surface area contributed by atoms with E-state index in [0.717, 1.165) is 5.00 Å². The number of anilines is 1. The highest BCUT2D eigenvalue weighted by atomic mass is 32.1. The number of nitrogens with one attached hydrogen (secondary N) is 2. The van der Waals surface area contributed by atoms with E-state index in [1.165, 1.54) is 25.4 Å². The molecule has 66 heavy (non-hydrogen) atoms. The van der Waals surface area contributed by atoms with Gasteiger partial charge in [-0.05, 0) is 112 Å². The van der Waals surface area contributed by atoms with Crippen LogP contribution in [0, 0.1) is 17.8 Å². The molecule has 0 unspecified atom stereocenters. The van der Waals surface area contributed by atoms with Crippen LogP contribution in [0.5, 0.6) is 0 Å². The summed E-state index contributed by atoms with van der Waals surface area (Å²) in [6, 6.07) is 2.33. The summed E-state index contributed by atoms with van der Waals surface area (Å²) >= 11 is 1.41. The van der Waals surface area contributed by atoms with Gasteiger partial charge in [-0.25, -0.2) is 4.79 Å². The third-order valence-electron chi connectivity index (χ3n) is 13.7. The molecule has 4 rings (SSSR count). The first-order chi connectivity index (χ1) is 30.8. The highest BCUT2D eigenvalue weighted by Crippen LogP contribution is 2.40. The topological polar surface area (TPSA) is 259 Å². The monoisotopic (exact) mass is 963 g/mol. The van der Waals surface area contributed by atoms with Gasteiger partial charge in [0, 0.05) is 51.2 Å². The predicted octanol–water partition coefficient (Wildman–Crippen LogP) is 3.25. The molecule has 0 aliphatic carbocycles. The highest BCUT2D eigenvalue weighted by Gasteiger charge is 2.53. The van der Waals surface area contributed by atoms with E-state index in [9.17, 15) is 35.1 Å². The van der Waals surface area contributed by atoms with Gasteiger partial charge in [-0.3, -0.25) is 19.8 Å². The maximum Gasteiger partial charge on any atom is 0.319 e. The summed E-state index contributed by atoms with van der Waals surface area (Å²) in [6.07, 6.45) is -8.45. The molecule has 0 radical (unpaired) electrons. The number of rotatable bonds is 12. The van der Waals surface area contributed by atoms with Crippen LogP contribution in [0.25, 0.3) is 0 Å². The smallest absolute Gasteiger partial charge is 0.319 e. The Balaban J connectivity index is 0.00000375. The third kappa shape index (κ3) is 15.0. The van der Waals surface area contributed by atoms with Crippen molar-refractivity contribution in [2.24, 2.45) is 17.8 Å². The van der Waals surface area contributed by atoms with Gasteiger partial charge in [0.25, 0.3) is 6.47 Å². The molecule has 0 saturated carbocycles. The first-order valence-corrected chi connectivity index (χ1v) is 24.1. The number of nitrogens with zero attached hydrogens (tertiary/aromatic N) is 2. The predicted molar refractivity (Wildman–Crippen MR) is 248 cm³/mol. The summed E-state index contributed by atoms with van der Waals surface area (Å²) in [4.78, 5) is 39.4. The third-order valence-corrected chi connectivity index (χ3v) is 14.5. The minimum Gasteiger partial charge on any atom is -0.483 e. The molecule has 382 valence electrons. The molecule has 3 aliphatic rings. The highest BCUT2D eigenvalue weighted by molar-refractivity contribution is 7.14.